The van der Waals surface area contributed by atoms with Crippen LogP contribution in [0.4, 0.5) is 0 Å². The minimum atomic E-state index is 0.148. The predicted octanol–water partition coefficient (Wildman–Crippen LogP) is 1.05. The minimum Gasteiger partial charge on any atom is -0.369 e. The Morgan fingerprint density at radius 3 is 3.14 bits per heavy atom. The van der Waals surface area contributed by atoms with E-state index in [1.165, 1.54) is 0 Å². The van der Waals surface area contributed by atoms with Crippen LogP contribution in [-0.4, -0.2) is 22.6 Å². The van der Waals surface area contributed by atoms with Crippen molar-refractivity contribution in [3.63, 3.8) is 0 Å². The Bertz CT molecular complexity index is 278. The maximum atomic E-state index is 5.82. The lowest BCUT2D eigenvalue weighted by molar-refractivity contribution is 0.0391. The highest BCUT2D eigenvalue weighted by atomic mass is 16.5. The second-order valence-electron chi connectivity index (χ2n) is 3.54. The summed E-state index contributed by atoms with van der Waals surface area (Å²) in [7, 11) is 0. The van der Waals surface area contributed by atoms with Crippen molar-refractivity contribution in [1.29, 1.82) is 0 Å². The summed E-state index contributed by atoms with van der Waals surface area (Å²) >= 11 is 0. The van der Waals surface area contributed by atoms with Gasteiger partial charge in [-0.15, -0.1) is 0 Å². The summed E-state index contributed by atoms with van der Waals surface area (Å²) in [4.78, 5) is 8.07. The van der Waals surface area contributed by atoms with E-state index >= 15 is 0 Å². The second-order valence-corrected chi connectivity index (χ2v) is 3.54. The molecule has 0 aliphatic carbocycles. The monoisotopic (exact) mass is 193 g/mol. The molecule has 1 aromatic rings. The van der Waals surface area contributed by atoms with Gasteiger partial charge in [0.05, 0.1) is 11.8 Å². The Hall–Kier alpha value is -1.00. The summed E-state index contributed by atoms with van der Waals surface area (Å²) in [6.07, 6.45) is 6.86. The molecule has 1 fully saturated rings. The van der Waals surface area contributed by atoms with E-state index in [4.69, 9.17) is 10.5 Å². The van der Waals surface area contributed by atoms with Crippen molar-refractivity contribution in [2.45, 2.75) is 31.5 Å². The van der Waals surface area contributed by atoms with Gasteiger partial charge in [0.25, 0.3) is 0 Å². The molecule has 0 bridgehead atoms. The van der Waals surface area contributed by atoms with E-state index in [1.54, 1.807) is 12.5 Å². The minimum absolute atomic E-state index is 0.148. The third-order valence-corrected chi connectivity index (χ3v) is 2.53. The van der Waals surface area contributed by atoms with Crippen LogP contribution in [0.25, 0.3) is 0 Å². The van der Waals surface area contributed by atoms with Crippen LogP contribution in [0, 0.1) is 0 Å². The molecule has 1 aromatic heterocycles. The van der Waals surface area contributed by atoms with Gasteiger partial charge in [0.2, 0.25) is 0 Å². The molecule has 2 unspecified atom stereocenters. The first-order valence-electron chi connectivity index (χ1n) is 5.01. The molecular weight excluding hydrogens is 178 g/mol. The van der Waals surface area contributed by atoms with Gasteiger partial charge in [-0.3, -0.25) is 0 Å². The number of nitrogens with zero attached hydrogens (tertiary/aromatic N) is 2. The van der Waals surface area contributed by atoms with E-state index in [0.29, 0.717) is 12.6 Å². The fourth-order valence-corrected chi connectivity index (χ4v) is 1.81. The largest absolute Gasteiger partial charge is 0.369 e. The zero-order chi connectivity index (χ0) is 9.80. The van der Waals surface area contributed by atoms with Crippen molar-refractivity contribution in [3.8, 4) is 0 Å². The second kappa shape index (κ2) is 4.48. The lowest BCUT2D eigenvalue weighted by atomic mass is 10.1. The summed E-state index contributed by atoms with van der Waals surface area (Å²) in [5.41, 5.74) is 6.47. The number of nitrogens with two attached hydrogens (primary N) is 1. The van der Waals surface area contributed by atoms with Crippen LogP contribution < -0.4 is 5.73 Å². The van der Waals surface area contributed by atoms with Gasteiger partial charge in [0.1, 0.15) is 12.4 Å². The molecule has 0 radical (unpaired) electrons. The molecule has 2 atom stereocenters. The number of ether oxygens (including phenoxy) is 1. The normalized spacial score (nSPS) is 26.6. The van der Waals surface area contributed by atoms with E-state index in [-0.39, 0.29) is 6.10 Å². The van der Waals surface area contributed by atoms with E-state index in [1.807, 2.05) is 6.07 Å². The summed E-state index contributed by atoms with van der Waals surface area (Å²) in [5, 5.41) is 0. The highest BCUT2D eigenvalue weighted by Crippen LogP contribution is 2.32. The van der Waals surface area contributed by atoms with Gasteiger partial charge in [0, 0.05) is 6.20 Å². The Morgan fingerprint density at radius 1 is 1.50 bits per heavy atom. The van der Waals surface area contributed by atoms with Crippen molar-refractivity contribution in [2.75, 3.05) is 6.54 Å². The van der Waals surface area contributed by atoms with Crippen LogP contribution in [0.2, 0.25) is 0 Å². The molecule has 14 heavy (non-hydrogen) atoms. The summed E-state index contributed by atoms with van der Waals surface area (Å²) < 4.78 is 5.82. The smallest absolute Gasteiger partial charge is 0.115 e. The average molecular weight is 193 g/mol. The Labute approximate surface area is 83.5 Å². The molecule has 1 saturated heterocycles. The molecule has 2 N–H and O–H groups in total. The highest BCUT2D eigenvalue weighted by molar-refractivity contribution is 5.04. The third-order valence-electron chi connectivity index (χ3n) is 2.53. The summed E-state index contributed by atoms with van der Waals surface area (Å²) in [6.45, 7) is 0.696. The van der Waals surface area contributed by atoms with Crippen molar-refractivity contribution < 1.29 is 4.74 Å². The molecule has 1 aliphatic rings. The van der Waals surface area contributed by atoms with Gasteiger partial charge in [-0.1, -0.05) is 0 Å². The zero-order valence-corrected chi connectivity index (χ0v) is 8.10. The molecule has 0 aromatic carbocycles. The van der Waals surface area contributed by atoms with Gasteiger partial charge in [0.15, 0.2) is 0 Å². The van der Waals surface area contributed by atoms with Crippen molar-refractivity contribution >= 4 is 0 Å². The van der Waals surface area contributed by atoms with E-state index in [9.17, 15) is 0 Å². The van der Waals surface area contributed by atoms with Gasteiger partial charge in [-0.2, -0.15) is 0 Å². The first kappa shape index (κ1) is 9.55. The lowest BCUT2D eigenvalue weighted by Crippen LogP contribution is -2.13. The number of aromatic nitrogens is 2. The molecule has 0 spiro atoms. The van der Waals surface area contributed by atoms with Crippen LogP contribution in [0.5, 0.6) is 0 Å². The van der Waals surface area contributed by atoms with E-state index in [0.717, 1.165) is 25.0 Å². The van der Waals surface area contributed by atoms with Crippen molar-refractivity contribution in [3.05, 3.63) is 24.3 Å². The van der Waals surface area contributed by atoms with Crippen LogP contribution in [0.3, 0.4) is 0 Å². The molecule has 2 rings (SSSR count). The van der Waals surface area contributed by atoms with Gasteiger partial charge in [-0.25, -0.2) is 9.97 Å². The summed E-state index contributed by atoms with van der Waals surface area (Å²) in [6, 6.07) is 1.91. The van der Waals surface area contributed by atoms with Crippen molar-refractivity contribution in [1.82, 2.24) is 9.97 Å². The molecule has 1 aliphatic heterocycles. The standard InChI is InChI=1S/C10H15N3O/c11-5-3-8-1-2-10(14-8)9-4-6-12-7-13-9/h4,6-8,10H,1-3,5,11H2. The SMILES string of the molecule is NCCC1CCC(c2ccncn2)O1. The molecule has 4 nitrogen and oxygen atoms in total. The number of hydrogen-bond acceptors (Lipinski definition) is 4. The third kappa shape index (κ3) is 2.08. The van der Waals surface area contributed by atoms with Crippen LogP contribution in [0.15, 0.2) is 18.6 Å². The molecule has 76 valence electrons. The summed E-state index contributed by atoms with van der Waals surface area (Å²) in [5.74, 6) is 0. The first-order chi connectivity index (χ1) is 6.90. The molecule has 2 heterocycles. The quantitative estimate of drug-likeness (QED) is 0.779. The van der Waals surface area contributed by atoms with Crippen molar-refractivity contribution in [2.24, 2.45) is 5.73 Å². The number of hydrogen-bond donors (Lipinski definition) is 1. The van der Waals surface area contributed by atoms with Crippen LogP contribution >= 0.6 is 0 Å². The van der Waals surface area contributed by atoms with E-state index in [2.05, 4.69) is 9.97 Å². The zero-order valence-electron chi connectivity index (χ0n) is 8.10. The fourth-order valence-electron chi connectivity index (χ4n) is 1.81. The first-order valence-corrected chi connectivity index (χ1v) is 5.01. The Balaban J connectivity index is 1.96. The van der Waals surface area contributed by atoms with Gasteiger partial charge >= 0.3 is 0 Å². The molecular formula is C10H15N3O. The van der Waals surface area contributed by atoms with E-state index < -0.39 is 0 Å². The fraction of sp³-hybridized carbons (Fsp3) is 0.600. The Morgan fingerprint density at radius 2 is 2.43 bits per heavy atom. The Kier molecular flexibility index (Phi) is 3.06. The highest BCUT2D eigenvalue weighted by Gasteiger charge is 2.26. The molecule has 4 heteroatoms. The van der Waals surface area contributed by atoms with Crippen LogP contribution in [-0.2, 0) is 4.74 Å². The molecule has 0 amide bonds. The van der Waals surface area contributed by atoms with Gasteiger partial charge < -0.3 is 10.5 Å². The average Bonchev–Trinajstić information content (AvgIpc) is 2.68. The number of rotatable bonds is 3. The topological polar surface area (TPSA) is 61.0 Å². The molecule has 0 saturated carbocycles. The van der Waals surface area contributed by atoms with Crippen LogP contribution in [0.1, 0.15) is 31.1 Å². The maximum Gasteiger partial charge on any atom is 0.115 e. The maximum absolute atomic E-state index is 5.82. The predicted molar refractivity (Wildman–Crippen MR) is 52.6 cm³/mol. The van der Waals surface area contributed by atoms with Gasteiger partial charge in [-0.05, 0) is 31.9 Å². The lowest BCUT2D eigenvalue weighted by Gasteiger charge is -2.11.